The highest BCUT2D eigenvalue weighted by atomic mass is 16.6. The number of primary amides is 1. The van der Waals surface area contributed by atoms with Gasteiger partial charge in [0.25, 0.3) is 5.91 Å². The van der Waals surface area contributed by atoms with Crippen LogP contribution in [0.25, 0.3) is 11.2 Å². The third-order valence-electron chi connectivity index (χ3n) is 5.89. The molecule has 8 N–H and O–H groups in total. The van der Waals surface area contributed by atoms with E-state index in [1.807, 2.05) is 0 Å². The standard InChI is InChI=1S/C19H24N6O6/c20-14-11-15(24-10(23-14)4-7-18(30)5-2-1-3-6-18)25(9-22-11)16-12(27)13(28)19(8-26,31-16)17(21)29/h9,12-13,16,26-28,30H,1-3,5-6,8H2,(H2,21,29)(H2,20,23,24)/t12-,13+,16-,19-/m1/s1. The van der Waals surface area contributed by atoms with Crippen LogP contribution in [0.15, 0.2) is 6.33 Å². The van der Waals surface area contributed by atoms with Crippen molar-refractivity contribution in [3.05, 3.63) is 12.2 Å². The molecule has 1 aliphatic carbocycles. The number of anilines is 1. The zero-order valence-corrected chi connectivity index (χ0v) is 16.6. The topological polar surface area (TPSA) is 203 Å². The number of aliphatic hydroxyl groups is 4. The highest BCUT2D eigenvalue weighted by molar-refractivity contribution is 5.85. The Morgan fingerprint density at radius 2 is 2.00 bits per heavy atom. The van der Waals surface area contributed by atoms with E-state index in [9.17, 15) is 25.2 Å². The van der Waals surface area contributed by atoms with Crippen molar-refractivity contribution in [2.24, 2.45) is 5.73 Å². The number of ether oxygens (including phenoxy) is 1. The lowest BCUT2D eigenvalue weighted by Gasteiger charge is -2.26. The number of nitrogens with zero attached hydrogens (tertiary/aromatic N) is 4. The number of nitrogen functional groups attached to an aromatic ring is 1. The average molecular weight is 432 g/mol. The van der Waals surface area contributed by atoms with Crippen molar-refractivity contribution in [2.45, 2.75) is 61.7 Å². The highest BCUT2D eigenvalue weighted by Crippen LogP contribution is 2.38. The van der Waals surface area contributed by atoms with Gasteiger partial charge in [0.2, 0.25) is 5.82 Å². The van der Waals surface area contributed by atoms with Crippen LogP contribution in [0.3, 0.4) is 0 Å². The first-order chi connectivity index (χ1) is 14.7. The van der Waals surface area contributed by atoms with Gasteiger partial charge in [-0.3, -0.25) is 9.36 Å². The van der Waals surface area contributed by atoms with Gasteiger partial charge in [-0.1, -0.05) is 12.3 Å². The Kier molecular flexibility index (Phi) is 5.32. The molecule has 2 aromatic heterocycles. The molecule has 2 fully saturated rings. The van der Waals surface area contributed by atoms with Crippen LogP contribution in [-0.4, -0.2) is 75.9 Å². The summed E-state index contributed by atoms with van der Waals surface area (Å²) in [6, 6.07) is 0. The number of imidazole rings is 1. The number of aliphatic hydroxyl groups excluding tert-OH is 3. The van der Waals surface area contributed by atoms with Crippen LogP contribution >= 0.6 is 0 Å². The molecule has 12 heteroatoms. The molecule has 0 radical (unpaired) electrons. The third kappa shape index (κ3) is 3.50. The molecule has 12 nitrogen and oxygen atoms in total. The minimum absolute atomic E-state index is 0.0139. The van der Waals surface area contributed by atoms with E-state index in [2.05, 4.69) is 26.8 Å². The SMILES string of the molecule is NC(=O)[C@]1(CO)O[C@@H](n2cnc3c(N)nc(C#CC4(O)CCCCC4)nc32)[C@H](O)[C@@H]1O. The van der Waals surface area contributed by atoms with E-state index >= 15 is 0 Å². The van der Waals surface area contributed by atoms with Gasteiger partial charge in [-0.25, -0.2) is 15.0 Å². The second-order valence-corrected chi connectivity index (χ2v) is 7.95. The number of fused-ring (bicyclic) bond motifs is 1. The molecule has 2 aliphatic rings. The lowest BCUT2D eigenvalue weighted by atomic mass is 9.85. The lowest BCUT2D eigenvalue weighted by molar-refractivity contribution is -0.163. The van der Waals surface area contributed by atoms with Crippen molar-refractivity contribution >= 4 is 22.9 Å². The molecule has 0 aromatic carbocycles. The summed E-state index contributed by atoms with van der Waals surface area (Å²) in [5.74, 6) is 4.49. The van der Waals surface area contributed by atoms with Gasteiger partial charge in [0.15, 0.2) is 23.3 Å². The molecule has 0 spiro atoms. The summed E-state index contributed by atoms with van der Waals surface area (Å²) in [4.78, 5) is 24.3. The van der Waals surface area contributed by atoms with E-state index in [0.29, 0.717) is 12.8 Å². The number of carbonyl (C=O) groups excluding carboxylic acids is 1. The predicted octanol–water partition coefficient (Wildman–Crippen LogP) is -2.08. The molecule has 1 saturated heterocycles. The second-order valence-electron chi connectivity index (χ2n) is 7.95. The molecular weight excluding hydrogens is 408 g/mol. The van der Waals surface area contributed by atoms with Gasteiger partial charge in [-0.05, 0) is 31.6 Å². The summed E-state index contributed by atoms with van der Waals surface area (Å²) >= 11 is 0. The van der Waals surface area contributed by atoms with E-state index < -0.39 is 42.2 Å². The van der Waals surface area contributed by atoms with Crippen LogP contribution in [-0.2, 0) is 9.53 Å². The number of hydrogen-bond donors (Lipinski definition) is 6. The van der Waals surface area contributed by atoms with Crippen LogP contribution in [0.4, 0.5) is 5.82 Å². The highest BCUT2D eigenvalue weighted by Gasteiger charge is 2.58. The molecule has 3 heterocycles. The van der Waals surface area contributed by atoms with E-state index in [1.165, 1.54) is 10.9 Å². The van der Waals surface area contributed by atoms with Crippen molar-refractivity contribution in [3.8, 4) is 11.8 Å². The van der Waals surface area contributed by atoms with Crippen LogP contribution in [0.2, 0.25) is 0 Å². The largest absolute Gasteiger partial charge is 0.393 e. The van der Waals surface area contributed by atoms with E-state index in [-0.39, 0.29) is 22.8 Å². The van der Waals surface area contributed by atoms with Crippen molar-refractivity contribution in [3.63, 3.8) is 0 Å². The molecule has 2 aromatic rings. The van der Waals surface area contributed by atoms with Crippen molar-refractivity contribution < 1.29 is 30.0 Å². The first kappa shape index (κ1) is 21.4. The van der Waals surface area contributed by atoms with Gasteiger partial charge in [-0.2, -0.15) is 0 Å². The number of aromatic nitrogens is 4. The van der Waals surface area contributed by atoms with Crippen LogP contribution in [0.1, 0.15) is 44.2 Å². The quantitative estimate of drug-likeness (QED) is 0.292. The molecule has 1 saturated carbocycles. The molecule has 31 heavy (non-hydrogen) atoms. The van der Waals surface area contributed by atoms with Gasteiger partial charge in [0.1, 0.15) is 23.3 Å². The number of amides is 1. The van der Waals surface area contributed by atoms with Gasteiger partial charge >= 0.3 is 0 Å². The van der Waals surface area contributed by atoms with Crippen molar-refractivity contribution in [1.29, 1.82) is 0 Å². The maximum Gasteiger partial charge on any atom is 0.255 e. The van der Waals surface area contributed by atoms with Crippen LogP contribution in [0.5, 0.6) is 0 Å². The van der Waals surface area contributed by atoms with E-state index in [0.717, 1.165) is 19.3 Å². The number of hydrogen-bond acceptors (Lipinski definition) is 10. The maximum atomic E-state index is 11.8. The maximum absolute atomic E-state index is 11.8. The Morgan fingerprint density at radius 3 is 2.61 bits per heavy atom. The lowest BCUT2D eigenvalue weighted by Crippen LogP contribution is -2.56. The zero-order chi connectivity index (χ0) is 22.4. The second kappa shape index (κ2) is 7.70. The van der Waals surface area contributed by atoms with Crippen LogP contribution < -0.4 is 11.5 Å². The smallest absolute Gasteiger partial charge is 0.255 e. The monoisotopic (exact) mass is 432 g/mol. The zero-order valence-electron chi connectivity index (χ0n) is 16.6. The normalized spacial score (nSPS) is 30.1. The fraction of sp³-hybridized carbons (Fsp3) is 0.579. The molecular formula is C19H24N6O6. The summed E-state index contributed by atoms with van der Waals surface area (Å²) in [5.41, 5.74) is 8.28. The van der Waals surface area contributed by atoms with Gasteiger partial charge < -0.3 is 36.6 Å². The minimum atomic E-state index is -2.19. The summed E-state index contributed by atoms with van der Waals surface area (Å²) in [5, 5.41) is 41.0. The molecule has 4 rings (SSSR count). The number of rotatable bonds is 3. The predicted molar refractivity (Wildman–Crippen MR) is 106 cm³/mol. The fourth-order valence-electron chi connectivity index (χ4n) is 4.03. The third-order valence-corrected chi connectivity index (χ3v) is 5.89. The molecule has 166 valence electrons. The fourth-order valence-corrected chi connectivity index (χ4v) is 4.03. The first-order valence-electron chi connectivity index (χ1n) is 9.91. The Labute approximate surface area is 176 Å². The van der Waals surface area contributed by atoms with Gasteiger partial charge in [-0.15, -0.1) is 0 Å². The van der Waals surface area contributed by atoms with Gasteiger partial charge in [0, 0.05) is 0 Å². The minimum Gasteiger partial charge on any atom is -0.393 e. The van der Waals surface area contributed by atoms with Crippen molar-refractivity contribution in [2.75, 3.05) is 12.3 Å². The van der Waals surface area contributed by atoms with E-state index in [1.54, 1.807) is 0 Å². The molecule has 1 amide bonds. The van der Waals surface area contributed by atoms with Gasteiger partial charge in [0.05, 0.1) is 12.9 Å². The molecule has 0 unspecified atom stereocenters. The Morgan fingerprint density at radius 1 is 1.29 bits per heavy atom. The van der Waals surface area contributed by atoms with E-state index in [4.69, 9.17) is 16.2 Å². The molecule has 1 aliphatic heterocycles. The summed E-state index contributed by atoms with van der Waals surface area (Å²) < 4.78 is 6.76. The Balaban J connectivity index is 1.73. The summed E-state index contributed by atoms with van der Waals surface area (Å²) in [6.45, 7) is -0.934. The average Bonchev–Trinajstić information content (AvgIpc) is 3.27. The first-order valence-corrected chi connectivity index (χ1v) is 9.91. The summed E-state index contributed by atoms with van der Waals surface area (Å²) in [6.07, 6.45) is 0.445. The van der Waals surface area contributed by atoms with Crippen LogP contribution in [0, 0.1) is 11.8 Å². The number of nitrogens with two attached hydrogens (primary N) is 2. The number of carbonyl (C=O) groups is 1. The molecule has 4 atom stereocenters. The molecule has 0 bridgehead atoms. The summed E-state index contributed by atoms with van der Waals surface area (Å²) in [7, 11) is 0. The van der Waals surface area contributed by atoms with Crippen molar-refractivity contribution in [1.82, 2.24) is 19.5 Å². The Bertz CT molecular complexity index is 1070. The Hall–Kier alpha value is -2.82.